The second kappa shape index (κ2) is 12.0. The number of rotatable bonds is 14. The maximum atomic E-state index is 13.1. The molecule has 0 radical (unpaired) electrons. The normalized spacial score (nSPS) is 17.9. The Morgan fingerprint density at radius 3 is 2.70 bits per heavy atom. The van der Waals surface area contributed by atoms with Crippen molar-refractivity contribution in [1.29, 1.82) is 0 Å². The second-order valence-electron chi connectivity index (χ2n) is 7.17. The summed E-state index contributed by atoms with van der Waals surface area (Å²) in [6, 6.07) is 0.895. The maximum absolute atomic E-state index is 13.1. The van der Waals surface area contributed by atoms with Gasteiger partial charge < -0.3 is 14.9 Å². The minimum Gasteiger partial charge on any atom is -0.385 e. The van der Waals surface area contributed by atoms with Gasteiger partial charge in [0.15, 0.2) is 0 Å². The zero-order chi connectivity index (χ0) is 24.6. The molecular formula is C17H28N4O9S3. The van der Waals surface area contributed by atoms with E-state index in [1.165, 1.54) is 17.5 Å². The largest absolute Gasteiger partial charge is 0.385 e. The van der Waals surface area contributed by atoms with E-state index in [9.17, 15) is 31.7 Å². The molecule has 0 aliphatic carbocycles. The highest BCUT2D eigenvalue weighted by Crippen LogP contribution is 2.40. The average molecular weight is 529 g/mol. The molecule has 1 amide bonds. The van der Waals surface area contributed by atoms with Gasteiger partial charge in [-0.15, -0.1) is 21.5 Å². The van der Waals surface area contributed by atoms with Gasteiger partial charge in [-0.05, 0) is 31.9 Å². The fourth-order valence-electron chi connectivity index (χ4n) is 3.26. The van der Waals surface area contributed by atoms with Gasteiger partial charge in [0.05, 0.1) is 6.61 Å². The minimum absolute atomic E-state index is 0.0677. The van der Waals surface area contributed by atoms with Crippen LogP contribution >= 0.6 is 11.3 Å². The van der Waals surface area contributed by atoms with E-state index in [0.29, 0.717) is 36.5 Å². The number of sulfonamides is 2. The summed E-state index contributed by atoms with van der Waals surface area (Å²) in [7, 11) is -6.66. The highest BCUT2D eigenvalue weighted by Gasteiger charge is 2.40. The monoisotopic (exact) mass is 528 g/mol. The predicted octanol–water partition coefficient (Wildman–Crippen LogP) is 0.623. The van der Waals surface area contributed by atoms with Crippen molar-refractivity contribution in [2.24, 2.45) is 0 Å². The number of methoxy groups -OCH3 is 1. The molecule has 0 unspecified atom stereocenters. The summed E-state index contributed by atoms with van der Waals surface area (Å²) in [4.78, 5) is 26.3. The standard InChI is InChI=1S/C17H28N4O9S3/c1-3-18-14-12-20(8-6-9-29-2)33(27,28)17-13(14)11-16(31-17)32(25,26)19-15(22)7-4-5-10-30-21(23)24/h11,14,18H,3-10,12H2,1-2H3,(H,19,22)/t14-/m0/s1. The number of carbonyl (C=O) groups excluding carboxylic acids is 1. The first-order valence-electron chi connectivity index (χ1n) is 10.2. The summed E-state index contributed by atoms with van der Waals surface area (Å²) in [5.74, 6) is -0.797. The Bertz CT molecular complexity index is 1040. The smallest absolute Gasteiger partial charge is 0.294 e. The number of hydrogen-bond donors (Lipinski definition) is 2. The third kappa shape index (κ3) is 7.31. The number of nitrogens with zero attached hydrogens (tertiary/aromatic N) is 2. The molecule has 0 saturated heterocycles. The van der Waals surface area contributed by atoms with Crippen LogP contribution in [-0.4, -0.2) is 72.1 Å². The Balaban J connectivity index is 2.17. The van der Waals surface area contributed by atoms with Crippen LogP contribution in [0.1, 0.15) is 44.2 Å². The number of carbonyl (C=O) groups is 1. The second-order valence-corrected chi connectivity index (χ2v) is 12.3. The highest BCUT2D eigenvalue weighted by molar-refractivity contribution is 7.94. The minimum atomic E-state index is -4.29. The molecule has 16 heteroatoms. The van der Waals surface area contributed by atoms with Crippen molar-refractivity contribution in [2.45, 2.75) is 47.1 Å². The molecule has 33 heavy (non-hydrogen) atoms. The quantitative estimate of drug-likeness (QED) is 0.198. The summed E-state index contributed by atoms with van der Waals surface area (Å²) >= 11 is 0.600. The van der Waals surface area contributed by atoms with Gasteiger partial charge in [-0.2, -0.15) is 4.31 Å². The molecule has 188 valence electrons. The number of thiophene rings is 1. The summed E-state index contributed by atoms with van der Waals surface area (Å²) < 4.78 is 59.5. The van der Waals surface area contributed by atoms with Crippen LogP contribution in [0.25, 0.3) is 0 Å². The van der Waals surface area contributed by atoms with Crippen molar-refractivity contribution in [3.63, 3.8) is 0 Å². The molecule has 2 rings (SSSR count). The van der Waals surface area contributed by atoms with Gasteiger partial charge in [0.2, 0.25) is 5.91 Å². The molecule has 1 aromatic rings. The topological polar surface area (TPSA) is 174 Å². The molecule has 13 nitrogen and oxygen atoms in total. The lowest BCUT2D eigenvalue weighted by Gasteiger charge is -2.32. The van der Waals surface area contributed by atoms with Crippen LogP contribution < -0.4 is 10.0 Å². The summed E-state index contributed by atoms with van der Waals surface area (Å²) in [5, 5.41) is 12.3. The summed E-state index contributed by atoms with van der Waals surface area (Å²) in [5.41, 5.74) is 0.356. The zero-order valence-electron chi connectivity index (χ0n) is 18.3. The van der Waals surface area contributed by atoms with E-state index in [2.05, 4.69) is 10.2 Å². The zero-order valence-corrected chi connectivity index (χ0v) is 20.8. The van der Waals surface area contributed by atoms with Crippen molar-refractivity contribution < 1.29 is 36.3 Å². The number of likely N-dealkylation sites (N-methyl/N-ethyl adjacent to an activating group) is 1. The Kier molecular flexibility index (Phi) is 9.99. The highest BCUT2D eigenvalue weighted by atomic mass is 32.3. The van der Waals surface area contributed by atoms with Crippen LogP contribution in [0.2, 0.25) is 0 Å². The van der Waals surface area contributed by atoms with Crippen LogP contribution in [0.5, 0.6) is 0 Å². The molecule has 0 spiro atoms. The van der Waals surface area contributed by atoms with Crippen molar-refractivity contribution in [3.05, 3.63) is 21.7 Å². The molecule has 1 aliphatic heterocycles. The van der Waals surface area contributed by atoms with E-state index in [1.807, 2.05) is 11.6 Å². The summed E-state index contributed by atoms with van der Waals surface area (Å²) in [6.07, 6.45) is 0.687. The van der Waals surface area contributed by atoms with E-state index in [1.54, 1.807) is 0 Å². The first-order chi connectivity index (χ1) is 15.5. The molecule has 1 aliphatic rings. The van der Waals surface area contributed by atoms with Crippen LogP contribution in [0.15, 0.2) is 14.5 Å². The van der Waals surface area contributed by atoms with Gasteiger partial charge in [-0.1, -0.05) is 6.92 Å². The van der Waals surface area contributed by atoms with Gasteiger partial charge in [-0.25, -0.2) is 21.6 Å². The fraction of sp³-hybridized carbons (Fsp3) is 0.706. The van der Waals surface area contributed by atoms with Gasteiger partial charge in [0.1, 0.15) is 8.42 Å². The van der Waals surface area contributed by atoms with Crippen molar-refractivity contribution in [3.8, 4) is 0 Å². The summed E-state index contributed by atoms with van der Waals surface area (Å²) in [6.45, 7) is 2.98. The molecule has 2 heterocycles. The average Bonchev–Trinajstić information content (AvgIpc) is 3.19. The number of fused-ring (bicyclic) bond motifs is 1. The Morgan fingerprint density at radius 2 is 2.06 bits per heavy atom. The predicted molar refractivity (Wildman–Crippen MR) is 118 cm³/mol. The number of amides is 1. The van der Waals surface area contributed by atoms with Gasteiger partial charge >= 0.3 is 0 Å². The third-order valence-electron chi connectivity index (χ3n) is 4.75. The molecule has 0 fully saturated rings. The van der Waals surface area contributed by atoms with Gasteiger partial charge in [-0.3, -0.25) is 4.79 Å². The molecule has 1 atom stereocenters. The van der Waals surface area contributed by atoms with Gasteiger partial charge in [0.25, 0.3) is 25.1 Å². The van der Waals surface area contributed by atoms with Gasteiger partial charge in [0, 0.05) is 44.8 Å². The molecular weight excluding hydrogens is 500 g/mol. The number of unbranched alkanes of at least 4 members (excludes halogenated alkanes) is 1. The number of nitrogens with one attached hydrogen (secondary N) is 2. The Hall–Kier alpha value is -1.85. The Morgan fingerprint density at radius 1 is 1.33 bits per heavy atom. The lowest BCUT2D eigenvalue weighted by molar-refractivity contribution is -0.757. The maximum Gasteiger partial charge on any atom is 0.294 e. The first-order valence-corrected chi connectivity index (χ1v) is 14.0. The van der Waals surface area contributed by atoms with Crippen molar-refractivity contribution in [2.75, 3.05) is 40.0 Å². The van der Waals surface area contributed by atoms with E-state index < -0.39 is 37.1 Å². The fourth-order valence-corrected chi connectivity index (χ4v) is 8.15. The first kappa shape index (κ1) is 27.4. The van der Waals surface area contributed by atoms with Crippen molar-refractivity contribution in [1.82, 2.24) is 14.3 Å². The molecule has 0 aromatic carbocycles. The Labute approximate surface area is 196 Å². The number of ether oxygens (including phenoxy) is 1. The SMILES string of the molecule is CCN[C@H]1CN(CCCOC)S(=O)(=O)c2sc(S(=O)(=O)NC(=O)CCCCO[N+](=O)[O-])cc21. The van der Waals surface area contributed by atoms with Crippen LogP contribution in [0.4, 0.5) is 0 Å². The van der Waals surface area contributed by atoms with Crippen molar-refractivity contribution >= 4 is 37.3 Å². The molecule has 0 saturated carbocycles. The van der Waals surface area contributed by atoms with Crippen LogP contribution in [0.3, 0.4) is 0 Å². The lowest BCUT2D eigenvalue weighted by Crippen LogP contribution is -2.43. The van der Waals surface area contributed by atoms with E-state index in [-0.39, 0.29) is 47.4 Å². The number of hydrogen-bond acceptors (Lipinski definition) is 11. The lowest BCUT2D eigenvalue weighted by atomic mass is 10.1. The molecule has 2 N–H and O–H groups in total. The van der Waals surface area contributed by atoms with Crippen LogP contribution in [-0.2, 0) is 34.4 Å². The molecule has 1 aromatic heterocycles. The molecule has 0 bridgehead atoms. The van der Waals surface area contributed by atoms with E-state index >= 15 is 0 Å². The van der Waals surface area contributed by atoms with Crippen LogP contribution in [0, 0.1) is 10.1 Å². The van der Waals surface area contributed by atoms with E-state index in [4.69, 9.17) is 4.74 Å². The van der Waals surface area contributed by atoms with E-state index in [0.717, 1.165) is 0 Å². The third-order valence-corrected chi connectivity index (χ3v) is 10.1.